The Balaban J connectivity index is 0.000000204. The summed E-state index contributed by atoms with van der Waals surface area (Å²) in [6.45, 7) is 0. The van der Waals surface area contributed by atoms with Gasteiger partial charge in [0.15, 0.2) is 5.82 Å². The molecule has 0 unspecified atom stereocenters. The van der Waals surface area contributed by atoms with E-state index in [1.54, 1.807) is 6.07 Å². The first-order valence-corrected chi connectivity index (χ1v) is 6.53. The first-order valence-electron chi connectivity index (χ1n) is 5.02. The fourth-order valence-corrected chi connectivity index (χ4v) is 1.77. The average Bonchev–Trinajstić information content (AvgIpc) is 2.39. The number of hydrogen-bond acceptors (Lipinski definition) is 2. The van der Waals surface area contributed by atoms with Crippen molar-refractivity contribution in [1.29, 1.82) is 0 Å². The molecule has 2 aromatic rings. The highest BCUT2D eigenvalue weighted by Gasteiger charge is 2.07. The van der Waals surface area contributed by atoms with Gasteiger partial charge in [-0.2, -0.15) is 0 Å². The van der Waals surface area contributed by atoms with E-state index in [9.17, 15) is 14.5 Å². The Kier molecular flexibility index (Phi) is 6.49. The molecule has 0 heterocycles. The van der Waals surface area contributed by atoms with Crippen LogP contribution in [0.1, 0.15) is 0 Å². The Labute approximate surface area is 134 Å². The zero-order valence-electron chi connectivity index (χ0n) is 9.62. The fourth-order valence-electron chi connectivity index (χ4n) is 1.08. The smallest absolute Gasteiger partial charge is 0.258 e. The highest BCUT2D eigenvalue weighted by Crippen LogP contribution is 2.25. The van der Waals surface area contributed by atoms with Gasteiger partial charge in [0.2, 0.25) is 0 Å². The summed E-state index contributed by atoms with van der Waals surface area (Å²) in [4.78, 5) is 9.64. The van der Waals surface area contributed by atoms with Gasteiger partial charge in [-0.1, -0.05) is 52.5 Å². The molecule has 0 amide bonds. The zero-order valence-corrected chi connectivity index (χ0v) is 12.6. The van der Waals surface area contributed by atoms with Gasteiger partial charge < -0.3 is 0 Å². The molecule has 106 valence electrons. The maximum Gasteiger partial charge on any atom is 0.271 e. The molecule has 8 heteroatoms. The number of nitro benzene ring substituents is 1. The Morgan fingerprint density at radius 3 is 1.85 bits per heavy atom. The van der Waals surface area contributed by atoms with Crippen molar-refractivity contribution in [1.82, 2.24) is 0 Å². The minimum atomic E-state index is -0.555. The molecule has 0 fully saturated rings. The third-order valence-corrected chi connectivity index (χ3v) is 3.34. The van der Waals surface area contributed by atoms with E-state index in [0.717, 1.165) is 0 Å². The summed E-state index contributed by atoms with van der Waals surface area (Å²) in [7, 11) is 0. The third kappa shape index (κ3) is 4.80. The average molecular weight is 357 g/mol. The minimum Gasteiger partial charge on any atom is -0.258 e. The lowest BCUT2D eigenvalue weighted by molar-refractivity contribution is -0.384. The summed E-state index contributed by atoms with van der Waals surface area (Å²) in [6, 6.07) is 8.39. The highest BCUT2D eigenvalue weighted by atomic mass is 35.5. The van der Waals surface area contributed by atoms with Crippen molar-refractivity contribution in [3.8, 4) is 0 Å². The zero-order chi connectivity index (χ0) is 15.3. The largest absolute Gasteiger partial charge is 0.271 e. The highest BCUT2D eigenvalue weighted by molar-refractivity contribution is 6.42. The van der Waals surface area contributed by atoms with Crippen molar-refractivity contribution in [2.45, 2.75) is 0 Å². The second kappa shape index (κ2) is 7.64. The summed E-state index contributed by atoms with van der Waals surface area (Å²) in [5, 5.41) is 10.8. The molecular weight excluding hydrogens is 351 g/mol. The van der Waals surface area contributed by atoms with Crippen LogP contribution >= 0.6 is 46.4 Å². The Bertz CT molecular complexity index is 617. The van der Waals surface area contributed by atoms with Gasteiger partial charge in [0.1, 0.15) is 0 Å². The maximum atomic E-state index is 12.5. The summed E-state index contributed by atoms with van der Waals surface area (Å²) >= 11 is 21.8. The normalized spacial score (nSPS) is 9.65. The molecule has 0 spiro atoms. The van der Waals surface area contributed by atoms with Crippen LogP contribution < -0.4 is 0 Å². The standard InChI is InChI=1S/C6H3Cl2F.C6H3Cl2NO2/c7-4-2-1-3-5(8)6(4)9;7-5-2-1-4(9(10)11)3-6(5)8/h1-3H;1-3H. The number of hydrogen-bond donors (Lipinski definition) is 0. The van der Waals surface area contributed by atoms with Crippen LogP contribution in [-0.2, 0) is 0 Å². The van der Waals surface area contributed by atoms with E-state index in [1.807, 2.05) is 0 Å². The Morgan fingerprint density at radius 2 is 1.45 bits per heavy atom. The van der Waals surface area contributed by atoms with Crippen LogP contribution in [-0.4, -0.2) is 4.92 Å². The van der Waals surface area contributed by atoms with Crippen LogP contribution in [0.25, 0.3) is 0 Å². The molecule has 2 rings (SSSR count). The number of benzene rings is 2. The molecule has 0 bridgehead atoms. The van der Waals surface area contributed by atoms with Crippen molar-refractivity contribution in [3.05, 3.63) is 72.4 Å². The van der Waals surface area contributed by atoms with E-state index >= 15 is 0 Å². The number of halogens is 5. The van der Waals surface area contributed by atoms with Crippen LogP contribution in [0.5, 0.6) is 0 Å². The van der Waals surface area contributed by atoms with Crippen molar-refractivity contribution >= 4 is 52.1 Å². The van der Waals surface area contributed by atoms with E-state index < -0.39 is 10.7 Å². The van der Waals surface area contributed by atoms with Gasteiger partial charge in [-0.05, 0) is 18.2 Å². The minimum absolute atomic E-state index is 0.0561. The third-order valence-electron chi connectivity index (χ3n) is 2.02. The monoisotopic (exact) mass is 355 g/mol. The van der Waals surface area contributed by atoms with Gasteiger partial charge in [-0.15, -0.1) is 0 Å². The summed E-state index contributed by atoms with van der Waals surface area (Å²) in [6.07, 6.45) is 0. The van der Waals surface area contributed by atoms with Gasteiger partial charge in [0, 0.05) is 12.1 Å². The van der Waals surface area contributed by atoms with Gasteiger partial charge in [-0.25, -0.2) is 4.39 Å². The summed E-state index contributed by atoms with van der Waals surface area (Å²) in [5.74, 6) is -0.555. The Morgan fingerprint density at radius 1 is 0.900 bits per heavy atom. The van der Waals surface area contributed by atoms with Crippen molar-refractivity contribution in [2.24, 2.45) is 0 Å². The van der Waals surface area contributed by atoms with Crippen LogP contribution in [0.4, 0.5) is 10.1 Å². The molecule has 0 N–H and O–H groups in total. The number of nitro groups is 1. The van der Waals surface area contributed by atoms with Crippen LogP contribution in [0.15, 0.2) is 36.4 Å². The lowest BCUT2D eigenvalue weighted by Crippen LogP contribution is -1.86. The molecule has 0 atom stereocenters. The fraction of sp³-hybridized carbons (Fsp3) is 0. The summed E-state index contributed by atoms with van der Waals surface area (Å²) in [5.41, 5.74) is -0.0561. The van der Waals surface area contributed by atoms with Crippen molar-refractivity contribution < 1.29 is 9.31 Å². The first-order chi connectivity index (χ1) is 9.32. The van der Waals surface area contributed by atoms with Crippen molar-refractivity contribution in [3.63, 3.8) is 0 Å². The molecule has 0 aliphatic heterocycles. The molecule has 0 saturated carbocycles. The van der Waals surface area contributed by atoms with Gasteiger partial charge in [0.05, 0.1) is 25.0 Å². The van der Waals surface area contributed by atoms with E-state index in [1.165, 1.54) is 30.3 Å². The van der Waals surface area contributed by atoms with Gasteiger partial charge >= 0.3 is 0 Å². The van der Waals surface area contributed by atoms with Crippen LogP contribution in [0.3, 0.4) is 0 Å². The van der Waals surface area contributed by atoms with E-state index in [4.69, 9.17) is 46.4 Å². The van der Waals surface area contributed by atoms with Crippen molar-refractivity contribution in [2.75, 3.05) is 0 Å². The maximum absolute atomic E-state index is 12.5. The van der Waals surface area contributed by atoms with E-state index in [-0.39, 0.29) is 20.8 Å². The molecule has 0 radical (unpaired) electrons. The second-order valence-electron chi connectivity index (χ2n) is 3.39. The van der Waals surface area contributed by atoms with Crippen LogP contribution in [0, 0.1) is 15.9 Å². The van der Waals surface area contributed by atoms with Gasteiger partial charge in [-0.3, -0.25) is 10.1 Å². The molecule has 0 aliphatic rings. The Hall–Kier alpha value is -1.07. The predicted molar refractivity (Wildman–Crippen MR) is 79.5 cm³/mol. The van der Waals surface area contributed by atoms with Gasteiger partial charge in [0.25, 0.3) is 5.69 Å². The number of nitrogens with zero attached hydrogens (tertiary/aromatic N) is 1. The van der Waals surface area contributed by atoms with E-state index in [0.29, 0.717) is 5.02 Å². The topological polar surface area (TPSA) is 43.1 Å². The number of rotatable bonds is 1. The molecule has 0 aromatic heterocycles. The SMILES string of the molecule is Fc1c(Cl)cccc1Cl.O=[N+]([O-])c1ccc(Cl)c(Cl)c1. The number of non-ortho nitro benzene ring substituents is 1. The molecule has 0 saturated heterocycles. The molecular formula is C12H6Cl4FNO2. The molecule has 2 aromatic carbocycles. The van der Waals surface area contributed by atoms with E-state index in [2.05, 4.69) is 0 Å². The molecule has 20 heavy (non-hydrogen) atoms. The molecule has 0 aliphatic carbocycles. The lowest BCUT2D eigenvalue weighted by atomic mass is 10.3. The second-order valence-corrected chi connectivity index (χ2v) is 5.02. The first kappa shape index (κ1) is 17.0. The summed E-state index contributed by atoms with van der Waals surface area (Å²) < 4.78 is 12.5. The van der Waals surface area contributed by atoms with Crippen LogP contribution in [0.2, 0.25) is 20.1 Å². The lowest BCUT2D eigenvalue weighted by Gasteiger charge is -1.93. The quantitative estimate of drug-likeness (QED) is 0.355. The molecule has 3 nitrogen and oxygen atoms in total. The predicted octanol–water partition coefficient (Wildman–Crippen LogP) is 6.03.